The number of amides is 1. The average molecular weight is 380 g/mol. The molecule has 0 aliphatic carbocycles. The van der Waals surface area contributed by atoms with E-state index in [-0.39, 0.29) is 18.4 Å². The highest BCUT2D eigenvalue weighted by atomic mass is 16.5. The number of pyridine rings is 1. The number of piperidine rings is 1. The molecule has 4 rings (SSSR count). The molecule has 1 aromatic heterocycles. The number of para-hydroxylation sites is 1. The highest BCUT2D eigenvalue weighted by Crippen LogP contribution is 2.22. The summed E-state index contributed by atoms with van der Waals surface area (Å²) in [5, 5.41) is 5.74. The van der Waals surface area contributed by atoms with Crippen molar-refractivity contribution >= 4 is 17.5 Å². The molecule has 0 N–H and O–H groups in total. The normalized spacial score (nSPS) is 17.8. The van der Waals surface area contributed by atoms with E-state index in [9.17, 15) is 4.79 Å². The Bertz CT molecular complexity index is 835. The first-order chi connectivity index (χ1) is 13.8. The molecule has 7 heteroatoms. The van der Waals surface area contributed by atoms with Crippen LogP contribution in [0, 0.1) is 0 Å². The molecule has 2 aromatic rings. The van der Waals surface area contributed by atoms with Crippen molar-refractivity contribution in [3.05, 3.63) is 54.4 Å². The SMILES string of the molecule is O=C1COC(c2ncccc2OCCN2CCCCC2)=NN1c1ccccc1. The van der Waals surface area contributed by atoms with Crippen LogP contribution in [0.2, 0.25) is 0 Å². The molecule has 0 spiro atoms. The Kier molecular flexibility index (Phi) is 5.82. The van der Waals surface area contributed by atoms with Gasteiger partial charge in [-0.05, 0) is 50.2 Å². The van der Waals surface area contributed by atoms with Gasteiger partial charge < -0.3 is 9.47 Å². The van der Waals surface area contributed by atoms with Gasteiger partial charge in [-0.2, -0.15) is 5.01 Å². The Morgan fingerprint density at radius 3 is 2.68 bits per heavy atom. The molecule has 0 bridgehead atoms. The number of anilines is 1. The Morgan fingerprint density at radius 1 is 1.04 bits per heavy atom. The molecule has 0 unspecified atom stereocenters. The van der Waals surface area contributed by atoms with Gasteiger partial charge in [0.1, 0.15) is 6.61 Å². The number of carbonyl (C=O) groups is 1. The Balaban J connectivity index is 1.49. The molecule has 0 radical (unpaired) electrons. The summed E-state index contributed by atoms with van der Waals surface area (Å²) in [6.07, 6.45) is 5.50. The third kappa shape index (κ3) is 4.31. The maximum atomic E-state index is 12.2. The van der Waals surface area contributed by atoms with E-state index in [4.69, 9.17) is 9.47 Å². The molecular weight excluding hydrogens is 356 g/mol. The monoisotopic (exact) mass is 380 g/mol. The lowest BCUT2D eigenvalue weighted by Crippen LogP contribution is -2.37. The van der Waals surface area contributed by atoms with Gasteiger partial charge in [0.25, 0.3) is 11.8 Å². The van der Waals surface area contributed by atoms with Crippen molar-refractivity contribution in [3.8, 4) is 5.75 Å². The minimum Gasteiger partial charge on any atom is -0.490 e. The molecule has 0 atom stereocenters. The summed E-state index contributed by atoms with van der Waals surface area (Å²) in [5.74, 6) is 0.677. The van der Waals surface area contributed by atoms with Gasteiger partial charge in [-0.25, -0.2) is 4.98 Å². The van der Waals surface area contributed by atoms with Gasteiger partial charge in [-0.3, -0.25) is 9.69 Å². The minimum absolute atomic E-state index is 0.0858. The fourth-order valence-corrected chi connectivity index (χ4v) is 3.39. The van der Waals surface area contributed by atoms with Crippen LogP contribution in [0.4, 0.5) is 5.69 Å². The summed E-state index contributed by atoms with van der Waals surface area (Å²) in [6.45, 7) is 3.64. The number of hydrogen-bond acceptors (Lipinski definition) is 6. The van der Waals surface area contributed by atoms with E-state index in [0.717, 1.165) is 19.6 Å². The van der Waals surface area contributed by atoms with Gasteiger partial charge in [0.05, 0.1) is 5.69 Å². The van der Waals surface area contributed by atoms with Gasteiger partial charge in [0.15, 0.2) is 18.1 Å². The molecule has 1 aromatic carbocycles. The van der Waals surface area contributed by atoms with Crippen LogP contribution in [0.25, 0.3) is 0 Å². The lowest BCUT2D eigenvalue weighted by atomic mass is 10.1. The van der Waals surface area contributed by atoms with Gasteiger partial charge in [-0.15, -0.1) is 5.10 Å². The quantitative estimate of drug-likeness (QED) is 0.771. The van der Waals surface area contributed by atoms with E-state index >= 15 is 0 Å². The van der Waals surface area contributed by atoms with Gasteiger partial charge >= 0.3 is 0 Å². The van der Waals surface area contributed by atoms with Crippen molar-refractivity contribution < 1.29 is 14.3 Å². The number of rotatable bonds is 6. The summed E-state index contributed by atoms with van der Waals surface area (Å²) in [4.78, 5) is 19.0. The third-order valence-electron chi connectivity index (χ3n) is 4.85. The maximum Gasteiger partial charge on any atom is 0.285 e. The zero-order valence-corrected chi connectivity index (χ0v) is 15.8. The smallest absolute Gasteiger partial charge is 0.285 e. The number of ether oxygens (including phenoxy) is 2. The maximum absolute atomic E-state index is 12.2. The standard InChI is InChI=1S/C21H24N4O3/c26-19-16-28-21(23-25(19)17-8-3-1-4-9-17)20-18(10-7-11-22-20)27-15-14-24-12-5-2-6-13-24/h1,3-4,7-11H,2,5-6,12-16H2. The second kappa shape index (κ2) is 8.84. The Hall–Kier alpha value is -2.93. The number of carbonyl (C=O) groups excluding carboxylic acids is 1. The van der Waals surface area contributed by atoms with E-state index in [2.05, 4.69) is 15.0 Å². The number of benzene rings is 1. The van der Waals surface area contributed by atoms with E-state index in [1.165, 1.54) is 24.3 Å². The predicted octanol–water partition coefficient (Wildman–Crippen LogP) is 2.67. The van der Waals surface area contributed by atoms with E-state index in [1.807, 2.05) is 42.5 Å². The largest absolute Gasteiger partial charge is 0.490 e. The topological polar surface area (TPSA) is 67.3 Å². The summed E-state index contributed by atoms with van der Waals surface area (Å²) in [5.41, 5.74) is 1.20. The van der Waals surface area contributed by atoms with Gasteiger partial charge in [0.2, 0.25) is 0 Å². The van der Waals surface area contributed by atoms with Crippen LogP contribution in [0.5, 0.6) is 5.75 Å². The number of likely N-dealkylation sites (tertiary alicyclic amines) is 1. The minimum atomic E-state index is -0.224. The van der Waals surface area contributed by atoms with Crippen molar-refractivity contribution in [2.45, 2.75) is 19.3 Å². The van der Waals surface area contributed by atoms with Crippen molar-refractivity contribution in [2.24, 2.45) is 5.10 Å². The number of hydrogen-bond donors (Lipinski definition) is 0. The Morgan fingerprint density at radius 2 is 1.86 bits per heavy atom. The van der Waals surface area contributed by atoms with Crippen LogP contribution in [0.1, 0.15) is 25.0 Å². The number of nitrogens with zero attached hydrogens (tertiary/aromatic N) is 4. The lowest BCUT2D eigenvalue weighted by molar-refractivity contribution is -0.121. The summed E-state index contributed by atoms with van der Waals surface area (Å²) >= 11 is 0. The van der Waals surface area contributed by atoms with Crippen molar-refractivity contribution in [1.29, 1.82) is 0 Å². The first kappa shape index (κ1) is 18.4. The summed E-state index contributed by atoms with van der Waals surface area (Å²) in [7, 11) is 0. The van der Waals surface area contributed by atoms with Crippen molar-refractivity contribution in [3.63, 3.8) is 0 Å². The van der Waals surface area contributed by atoms with E-state index in [1.54, 1.807) is 6.20 Å². The number of aromatic nitrogens is 1. The molecule has 1 fully saturated rings. The average Bonchev–Trinajstić information content (AvgIpc) is 2.76. The first-order valence-corrected chi connectivity index (χ1v) is 9.71. The second-order valence-electron chi connectivity index (χ2n) is 6.84. The molecule has 1 saturated heterocycles. The van der Waals surface area contributed by atoms with Crippen molar-refractivity contribution in [2.75, 3.05) is 37.9 Å². The molecule has 0 saturated carbocycles. The van der Waals surface area contributed by atoms with E-state index in [0.29, 0.717) is 23.7 Å². The summed E-state index contributed by atoms with van der Waals surface area (Å²) < 4.78 is 11.6. The van der Waals surface area contributed by atoms with Crippen molar-refractivity contribution in [1.82, 2.24) is 9.88 Å². The summed E-state index contributed by atoms with van der Waals surface area (Å²) in [6, 6.07) is 13.0. The van der Waals surface area contributed by atoms with Crippen LogP contribution in [-0.2, 0) is 9.53 Å². The molecule has 1 amide bonds. The molecule has 2 aliphatic heterocycles. The van der Waals surface area contributed by atoms with Crippen LogP contribution in [-0.4, -0.2) is 54.5 Å². The fourth-order valence-electron chi connectivity index (χ4n) is 3.39. The highest BCUT2D eigenvalue weighted by Gasteiger charge is 2.26. The second-order valence-corrected chi connectivity index (χ2v) is 6.84. The van der Waals surface area contributed by atoms with Crippen LogP contribution in [0.3, 0.4) is 0 Å². The molecule has 3 heterocycles. The fraction of sp³-hybridized carbons (Fsp3) is 0.381. The third-order valence-corrected chi connectivity index (χ3v) is 4.85. The zero-order valence-electron chi connectivity index (χ0n) is 15.8. The lowest BCUT2D eigenvalue weighted by Gasteiger charge is -2.26. The molecule has 146 valence electrons. The molecule has 28 heavy (non-hydrogen) atoms. The van der Waals surface area contributed by atoms with Crippen LogP contribution in [0.15, 0.2) is 53.8 Å². The predicted molar refractivity (Wildman–Crippen MR) is 106 cm³/mol. The molecule has 7 nitrogen and oxygen atoms in total. The first-order valence-electron chi connectivity index (χ1n) is 9.71. The van der Waals surface area contributed by atoms with Crippen LogP contribution < -0.4 is 9.75 Å². The van der Waals surface area contributed by atoms with Crippen LogP contribution >= 0.6 is 0 Å². The van der Waals surface area contributed by atoms with E-state index < -0.39 is 0 Å². The van der Waals surface area contributed by atoms with Gasteiger partial charge in [0, 0.05) is 12.7 Å². The van der Waals surface area contributed by atoms with Gasteiger partial charge in [-0.1, -0.05) is 24.6 Å². The number of hydrazone groups is 1. The molecular formula is C21H24N4O3. The molecule has 2 aliphatic rings. The highest BCUT2D eigenvalue weighted by molar-refractivity contribution is 6.04. The zero-order chi connectivity index (χ0) is 19.2. The Labute approximate surface area is 164 Å².